The molecule has 5 aliphatic rings. The van der Waals surface area contributed by atoms with Gasteiger partial charge in [0.1, 0.15) is 0 Å². The standard InChI is InChI=1S/C24H33N3O/c1-26(2)22(28)25-20-14-23(18-6-4-3-5-17(18)20)9-11-27(12-10-23)21-15-24-13-16(24)7-8-19(21)24/h3-6,16,19-21H,7-15H2,1-2H3,(H,25,28)/t16-,19+,20+,21-,24?/m1/s1. The van der Waals surface area contributed by atoms with Gasteiger partial charge in [-0.05, 0) is 86.4 Å². The first-order valence-electron chi connectivity index (χ1n) is 11.3. The number of nitrogens with one attached hydrogen (secondary N) is 1. The van der Waals surface area contributed by atoms with Crippen molar-refractivity contribution in [3.8, 4) is 0 Å². The molecule has 0 bridgehead atoms. The van der Waals surface area contributed by atoms with E-state index in [0.717, 1.165) is 29.7 Å². The fourth-order valence-corrected chi connectivity index (χ4v) is 7.70. The summed E-state index contributed by atoms with van der Waals surface area (Å²) in [5.74, 6) is 2.13. The number of hydrogen-bond donors (Lipinski definition) is 1. The molecular formula is C24H33N3O. The first-order chi connectivity index (χ1) is 13.5. The molecule has 4 fully saturated rings. The summed E-state index contributed by atoms with van der Waals surface area (Å²) >= 11 is 0. The van der Waals surface area contributed by atoms with Gasteiger partial charge in [0.25, 0.3) is 0 Å². The zero-order valence-electron chi connectivity index (χ0n) is 17.3. The minimum absolute atomic E-state index is 0.0225. The average molecular weight is 380 g/mol. The van der Waals surface area contributed by atoms with Crippen LogP contribution in [0.3, 0.4) is 0 Å². The maximum atomic E-state index is 12.3. The van der Waals surface area contributed by atoms with Crippen molar-refractivity contribution in [2.45, 2.75) is 62.4 Å². The summed E-state index contributed by atoms with van der Waals surface area (Å²) in [5, 5.41) is 3.28. The highest BCUT2D eigenvalue weighted by Crippen LogP contribution is 2.76. The van der Waals surface area contributed by atoms with E-state index in [-0.39, 0.29) is 17.5 Å². The molecule has 1 saturated heterocycles. The highest BCUT2D eigenvalue weighted by atomic mass is 16.2. The van der Waals surface area contributed by atoms with E-state index in [1.54, 1.807) is 11.3 Å². The molecule has 0 aromatic heterocycles. The second kappa shape index (κ2) is 5.75. The summed E-state index contributed by atoms with van der Waals surface area (Å²) in [6.45, 7) is 2.48. The maximum absolute atomic E-state index is 12.3. The molecule has 2 spiro atoms. The quantitative estimate of drug-likeness (QED) is 0.845. The molecule has 150 valence electrons. The normalized spacial score (nSPS) is 39.6. The molecule has 28 heavy (non-hydrogen) atoms. The average Bonchev–Trinajstić information content (AvgIpc) is 3.27. The van der Waals surface area contributed by atoms with Crippen LogP contribution in [-0.4, -0.2) is 49.1 Å². The van der Waals surface area contributed by atoms with Crippen LogP contribution in [0.5, 0.6) is 0 Å². The van der Waals surface area contributed by atoms with Gasteiger partial charge in [0.05, 0.1) is 6.04 Å². The summed E-state index contributed by atoms with van der Waals surface area (Å²) in [4.78, 5) is 16.8. The van der Waals surface area contributed by atoms with Gasteiger partial charge < -0.3 is 15.1 Å². The van der Waals surface area contributed by atoms with Gasteiger partial charge >= 0.3 is 6.03 Å². The first kappa shape index (κ1) is 17.3. The van der Waals surface area contributed by atoms with Crippen LogP contribution in [-0.2, 0) is 5.41 Å². The summed E-state index contributed by atoms with van der Waals surface area (Å²) in [7, 11) is 3.65. The molecule has 1 aromatic carbocycles. The summed E-state index contributed by atoms with van der Waals surface area (Å²) in [6, 6.07) is 9.94. The van der Waals surface area contributed by atoms with Crippen LogP contribution in [0, 0.1) is 17.3 Å². The molecule has 1 heterocycles. The fourth-order valence-electron chi connectivity index (χ4n) is 7.70. The largest absolute Gasteiger partial charge is 0.331 e. The molecule has 4 aliphatic carbocycles. The van der Waals surface area contributed by atoms with Crippen LogP contribution in [0.4, 0.5) is 4.79 Å². The van der Waals surface area contributed by atoms with Crippen molar-refractivity contribution in [3.63, 3.8) is 0 Å². The van der Waals surface area contributed by atoms with E-state index in [4.69, 9.17) is 0 Å². The van der Waals surface area contributed by atoms with Gasteiger partial charge in [0, 0.05) is 25.6 Å². The minimum atomic E-state index is 0.0225. The van der Waals surface area contributed by atoms with Gasteiger partial charge in [-0.3, -0.25) is 0 Å². The molecule has 1 aromatic rings. The Morgan fingerprint density at radius 3 is 2.61 bits per heavy atom. The number of piperidine rings is 1. The van der Waals surface area contributed by atoms with Crippen molar-refractivity contribution in [1.29, 1.82) is 0 Å². The number of amides is 2. The fraction of sp³-hybridized carbons (Fsp3) is 0.708. The molecule has 3 saturated carbocycles. The Bertz CT molecular complexity index is 810. The first-order valence-corrected chi connectivity index (χ1v) is 11.3. The third kappa shape index (κ3) is 2.24. The molecule has 1 N–H and O–H groups in total. The third-order valence-electron chi connectivity index (χ3n) is 9.33. The number of hydrogen-bond acceptors (Lipinski definition) is 2. The van der Waals surface area contributed by atoms with E-state index >= 15 is 0 Å². The Labute approximate surface area is 168 Å². The van der Waals surface area contributed by atoms with Crippen LogP contribution in [0.15, 0.2) is 24.3 Å². The van der Waals surface area contributed by atoms with Crippen LogP contribution in [0.1, 0.15) is 62.1 Å². The van der Waals surface area contributed by atoms with Crippen LogP contribution >= 0.6 is 0 Å². The Kier molecular flexibility index (Phi) is 3.56. The second-order valence-electron chi connectivity index (χ2n) is 10.6. The highest BCUT2D eigenvalue weighted by molar-refractivity contribution is 5.74. The lowest BCUT2D eigenvalue weighted by Gasteiger charge is -2.53. The van der Waals surface area contributed by atoms with Gasteiger partial charge in [-0.2, -0.15) is 0 Å². The number of likely N-dealkylation sites (tertiary alicyclic amines) is 1. The van der Waals surface area contributed by atoms with Crippen molar-refractivity contribution in [3.05, 3.63) is 35.4 Å². The van der Waals surface area contributed by atoms with Crippen molar-refractivity contribution in [1.82, 2.24) is 15.1 Å². The van der Waals surface area contributed by atoms with Crippen molar-refractivity contribution in [2.24, 2.45) is 17.3 Å². The number of benzene rings is 1. The SMILES string of the molecule is CN(C)C(=O)N[C@H]1CC2(CCN([C@@H]3CC45C[C@H]4CC[C@@H]35)CC2)c2ccccc21. The lowest BCUT2D eigenvalue weighted by molar-refractivity contribution is -0.0258. The molecular weight excluding hydrogens is 346 g/mol. The van der Waals surface area contributed by atoms with E-state index in [0.29, 0.717) is 0 Å². The molecule has 1 aliphatic heterocycles. The zero-order chi connectivity index (χ0) is 19.1. The van der Waals surface area contributed by atoms with E-state index in [9.17, 15) is 4.79 Å². The van der Waals surface area contributed by atoms with Gasteiger partial charge in [-0.25, -0.2) is 4.79 Å². The van der Waals surface area contributed by atoms with Gasteiger partial charge in [0.2, 0.25) is 0 Å². The van der Waals surface area contributed by atoms with E-state index in [2.05, 4.69) is 34.5 Å². The lowest BCUT2D eigenvalue weighted by atomic mass is 9.65. The monoisotopic (exact) mass is 379 g/mol. The predicted molar refractivity (Wildman–Crippen MR) is 110 cm³/mol. The minimum Gasteiger partial charge on any atom is -0.331 e. The summed E-state index contributed by atoms with van der Waals surface area (Å²) < 4.78 is 0. The van der Waals surface area contributed by atoms with E-state index < -0.39 is 0 Å². The van der Waals surface area contributed by atoms with Crippen LogP contribution in [0.25, 0.3) is 0 Å². The zero-order valence-corrected chi connectivity index (χ0v) is 17.3. The molecule has 1 unspecified atom stereocenters. The molecule has 0 radical (unpaired) electrons. The molecule has 5 atom stereocenters. The molecule has 6 rings (SSSR count). The maximum Gasteiger partial charge on any atom is 0.317 e. The number of carbonyl (C=O) groups is 1. The lowest BCUT2D eigenvalue weighted by Crippen LogP contribution is -2.56. The van der Waals surface area contributed by atoms with Crippen molar-refractivity contribution >= 4 is 6.03 Å². The topological polar surface area (TPSA) is 35.6 Å². The number of nitrogens with zero attached hydrogens (tertiary/aromatic N) is 2. The van der Waals surface area contributed by atoms with Gasteiger partial charge in [0.15, 0.2) is 0 Å². The number of urea groups is 1. The van der Waals surface area contributed by atoms with Crippen LogP contribution in [0.2, 0.25) is 0 Å². The Morgan fingerprint density at radius 1 is 1.11 bits per heavy atom. The van der Waals surface area contributed by atoms with Crippen molar-refractivity contribution in [2.75, 3.05) is 27.2 Å². The number of rotatable bonds is 2. The summed E-state index contributed by atoms with van der Waals surface area (Å²) in [6.07, 6.45) is 9.62. The number of carbonyl (C=O) groups excluding carboxylic acids is 1. The second-order valence-corrected chi connectivity index (χ2v) is 10.6. The van der Waals surface area contributed by atoms with Crippen molar-refractivity contribution < 1.29 is 4.79 Å². The highest BCUT2D eigenvalue weighted by Gasteiger charge is 2.71. The van der Waals surface area contributed by atoms with E-state index in [1.807, 2.05) is 14.1 Å². The Morgan fingerprint density at radius 2 is 1.89 bits per heavy atom. The third-order valence-corrected chi connectivity index (χ3v) is 9.33. The van der Waals surface area contributed by atoms with E-state index in [1.165, 1.54) is 56.3 Å². The summed E-state index contributed by atoms with van der Waals surface area (Å²) in [5.41, 5.74) is 3.94. The van der Waals surface area contributed by atoms with Gasteiger partial charge in [-0.15, -0.1) is 0 Å². The Hall–Kier alpha value is -1.55. The molecule has 4 nitrogen and oxygen atoms in total. The van der Waals surface area contributed by atoms with Crippen LogP contribution < -0.4 is 5.32 Å². The smallest absolute Gasteiger partial charge is 0.317 e. The number of fused-ring (bicyclic) bond motifs is 2. The molecule has 4 heteroatoms. The Balaban J connectivity index is 1.18. The predicted octanol–water partition coefficient (Wildman–Crippen LogP) is 3.92. The van der Waals surface area contributed by atoms with Gasteiger partial charge in [-0.1, -0.05) is 24.3 Å². The molecule has 2 amide bonds.